The second-order valence-corrected chi connectivity index (χ2v) is 3.23. The number of dihydropyridines is 1. The molecule has 1 aliphatic heterocycles. The van der Waals surface area contributed by atoms with Crippen molar-refractivity contribution in [1.82, 2.24) is 5.32 Å². The molecule has 0 aromatic rings. The van der Waals surface area contributed by atoms with Gasteiger partial charge < -0.3 is 5.32 Å². The highest BCUT2D eigenvalue weighted by Crippen LogP contribution is 2.37. The topological polar surface area (TPSA) is 12.0 Å². The molecule has 1 saturated carbocycles. The summed E-state index contributed by atoms with van der Waals surface area (Å²) in [7, 11) is 0. The van der Waals surface area contributed by atoms with Crippen LogP contribution in [0.2, 0.25) is 0 Å². The third kappa shape index (κ3) is 1.08. The lowest BCUT2D eigenvalue weighted by molar-refractivity contribution is 0.742. The van der Waals surface area contributed by atoms with E-state index in [-0.39, 0.29) is 0 Å². The normalized spacial score (nSPS) is 31.3. The maximum Gasteiger partial charge on any atom is 0.0413 e. The number of hydrogen-bond acceptors (Lipinski definition) is 1. The fourth-order valence-corrected chi connectivity index (χ4v) is 1.26. The van der Waals surface area contributed by atoms with Gasteiger partial charge in [0.05, 0.1) is 0 Å². The van der Waals surface area contributed by atoms with Gasteiger partial charge >= 0.3 is 0 Å². The Labute approximate surface area is 61.8 Å². The minimum absolute atomic E-state index is 0.530. The van der Waals surface area contributed by atoms with Crippen LogP contribution in [0.1, 0.15) is 19.8 Å². The Bertz CT molecular complexity index is 187. The van der Waals surface area contributed by atoms with Gasteiger partial charge in [0.1, 0.15) is 0 Å². The van der Waals surface area contributed by atoms with Crippen molar-refractivity contribution in [2.75, 3.05) is 0 Å². The van der Waals surface area contributed by atoms with Crippen LogP contribution in [0.25, 0.3) is 0 Å². The third-order valence-electron chi connectivity index (χ3n) is 2.14. The van der Waals surface area contributed by atoms with Crippen LogP contribution in [-0.4, -0.2) is 6.04 Å². The van der Waals surface area contributed by atoms with E-state index >= 15 is 0 Å². The Hall–Kier alpha value is -0.720. The Morgan fingerprint density at radius 2 is 2.30 bits per heavy atom. The molecule has 1 atom stereocenters. The van der Waals surface area contributed by atoms with Crippen molar-refractivity contribution < 1.29 is 0 Å². The van der Waals surface area contributed by atoms with Gasteiger partial charge in [0.25, 0.3) is 0 Å². The molecular formula is C9H13N. The van der Waals surface area contributed by atoms with E-state index in [2.05, 4.69) is 30.6 Å². The molecule has 1 fully saturated rings. The Balaban J connectivity index is 2.04. The summed E-state index contributed by atoms with van der Waals surface area (Å²) >= 11 is 0. The van der Waals surface area contributed by atoms with Crippen molar-refractivity contribution in [2.45, 2.75) is 25.8 Å². The first-order chi connectivity index (χ1) is 4.86. The van der Waals surface area contributed by atoms with E-state index in [1.165, 1.54) is 18.4 Å². The van der Waals surface area contributed by atoms with Crippen molar-refractivity contribution in [3.63, 3.8) is 0 Å². The third-order valence-corrected chi connectivity index (χ3v) is 2.14. The van der Waals surface area contributed by atoms with Gasteiger partial charge in [-0.25, -0.2) is 0 Å². The fraction of sp³-hybridized carbons (Fsp3) is 0.556. The summed E-state index contributed by atoms with van der Waals surface area (Å²) in [6.07, 6.45) is 9.45. The van der Waals surface area contributed by atoms with Gasteiger partial charge in [0, 0.05) is 12.2 Å². The minimum atomic E-state index is 0.530. The lowest BCUT2D eigenvalue weighted by Crippen LogP contribution is -2.21. The van der Waals surface area contributed by atoms with Crippen molar-refractivity contribution in [3.05, 3.63) is 23.9 Å². The summed E-state index contributed by atoms with van der Waals surface area (Å²) in [6, 6.07) is 0.530. The highest BCUT2D eigenvalue weighted by atomic mass is 14.9. The van der Waals surface area contributed by atoms with E-state index < -0.39 is 0 Å². The molecular weight excluding hydrogens is 122 g/mol. The number of allylic oxidation sites excluding steroid dienone is 2. The predicted molar refractivity (Wildman–Crippen MR) is 42.5 cm³/mol. The number of rotatable bonds is 1. The molecule has 0 radical (unpaired) electrons. The molecule has 54 valence electrons. The van der Waals surface area contributed by atoms with Crippen LogP contribution in [0.5, 0.6) is 0 Å². The number of nitrogens with one attached hydrogen (secondary N) is 1. The van der Waals surface area contributed by atoms with Gasteiger partial charge in [-0.3, -0.25) is 0 Å². The molecule has 1 N–H and O–H groups in total. The Morgan fingerprint density at radius 1 is 1.50 bits per heavy atom. The first-order valence-corrected chi connectivity index (χ1v) is 4.00. The van der Waals surface area contributed by atoms with Gasteiger partial charge in [0.15, 0.2) is 0 Å². The Kier molecular flexibility index (Phi) is 1.30. The summed E-state index contributed by atoms with van der Waals surface area (Å²) in [5.74, 6) is 0.885. The second kappa shape index (κ2) is 2.15. The van der Waals surface area contributed by atoms with Gasteiger partial charge in [-0.15, -0.1) is 0 Å². The van der Waals surface area contributed by atoms with Gasteiger partial charge in [-0.05, 0) is 31.3 Å². The lowest BCUT2D eigenvalue weighted by atomic mass is 10.1. The van der Waals surface area contributed by atoms with E-state index in [1.807, 2.05) is 0 Å². The van der Waals surface area contributed by atoms with Gasteiger partial charge in [0.2, 0.25) is 0 Å². The SMILES string of the molecule is CC1C=CC(C2CC2)=CN1. The van der Waals surface area contributed by atoms with Crippen LogP contribution in [-0.2, 0) is 0 Å². The van der Waals surface area contributed by atoms with Crippen molar-refractivity contribution in [1.29, 1.82) is 0 Å². The molecule has 1 unspecified atom stereocenters. The van der Waals surface area contributed by atoms with E-state index in [4.69, 9.17) is 0 Å². The predicted octanol–water partition coefficient (Wildman–Crippen LogP) is 1.83. The standard InChI is InChI=1S/C9H13N/c1-7-2-3-9(6-10-7)8-4-5-8/h2-3,6-8,10H,4-5H2,1H3. The summed E-state index contributed by atoms with van der Waals surface area (Å²) in [6.45, 7) is 2.16. The van der Waals surface area contributed by atoms with E-state index in [0.717, 1.165) is 5.92 Å². The molecule has 2 aliphatic rings. The molecule has 0 saturated heterocycles. The molecule has 0 spiro atoms. The highest BCUT2D eigenvalue weighted by Gasteiger charge is 2.25. The van der Waals surface area contributed by atoms with Gasteiger partial charge in [-0.1, -0.05) is 12.2 Å². The van der Waals surface area contributed by atoms with Crippen LogP contribution in [0.4, 0.5) is 0 Å². The summed E-state index contributed by atoms with van der Waals surface area (Å²) in [5, 5.41) is 3.30. The van der Waals surface area contributed by atoms with Crippen LogP contribution >= 0.6 is 0 Å². The second-order valence-electron chi connectivity index (χ2n) is 3.23. The molecule has 2 rings (SSSR count). The molecule has 0 aromatic carbocycles. The quantitative estimate of drug-likeness (QED) is 0.578. The van der Waals surface area contributed by atoms with Crippen LogP contribution in [0.3, 0.4) is 0 Å². The van der Waals surface area contributed by atoms with Crippen LogP contribution < -0.4 is 5.32 Å². The maximum atomic E-state index is 3.30. The molecule has 0 amide bonds. The molecule has 1 aliphatic carbocycles. The van der Waals surface area contributed by atoms with E-state index in [9.17, 15) is 0 Å². The van der Waals surface area contributed by atoms with Crippen molar-refractivity contribution in [3.8, 4) is 0 Å². The van der Waals surface area contributed by atoms with Crippen LogP contribution in [0.15, 0.2) is 23.9 Å². The van der Waals surface area contributed by atoms with E-state index in [0.29, 0.717) is 6.04 Å². The smallest absolute Gasteiger partial charge is 0.0413 e. The molecule has 1 heteroatoms. The minimum Gasteiger partial charge on any atom is -0.385 e. The van der Waals surface area contributed by atoms with Gasteiger partial charge in [-0.2, -0.15) is 0 Å². The summed E-state index contributed by atoms with van der Waals surface area (Å²) in [4.78, 5) is 0. The average molecular weight is 135 g/mol. The average Bonchev–Trinajstić information content (AvgIpc) is 2.71. The first kappa shape index (κ1) is 6.02. The monoisotopic (exact) mass is 135 g/mol. The fourth-order valence-electron chi connectivity index (χ4n) is 1.26. The summed E-state index contributed by atoms with van der Waals surface area (Å²) in [5.41, 5.74) is 1.50. The van der Waals surface area contributed by atoms with E-state index in [1.54, 1.807) is 0 Å². The molecule has 0 bridgehead atoms. The zero-order valence-corrected chi connectivity index (χ0v) is 6.30. The maximum absolute atomic E-state index is 3.30. The molecule has 0 aromatic heterocycles. The van der Waals surface area contributed by atoms with Crippen molar-refractivity contribution in [2.24, 2.45) is 5.92 Å². The first-order valence-electron chi connectivity index (χ1n) is 4.00. The highest BCUT2D eigenvalue weighted by molar-refractivity contribution is 5.28. The zero-order valence-electron chi connectivity index (χ0n) is 6.30. The molecule has 1 heterocycles. The van der Waals surface area contributed by atoms with Crippen molar-refractivity contribution >= 4 is 0 Å². The number of hydrogen-bond donors (Lipinski definition) is 1. The largest absolute Gasteiger partial charge is 0.385 e. The zero-order chi connectivity index (χ0) is 6.97. The Morgan fingerprint density at radius 3 is 2.80 bits per heavy atom. The van der Waals surface area contributed by atoms with Crippen LogP contribution in [0, 0.1) is 5.92 Å². The summed E-state index contributed by atoms with van der Waals surface area (Å²) < 4.78 is 0. The molecule has 10 heavy (non-hydrogen) atoms. The lowest BCUT2D eigenvalue weighted by Gasteiger charge is -2.13. The molecule has 1 nitrogen and oxygen atoms in total.